The number of rotatable bonds is 19. The number of H-pyrrole nitrogens is 1. The van der Waals surface area contributed by atoms with E-state index in [2.05, 4.69) is 70.8 Å². The van der Waals surface area contributed by atoms with Crippen LogP contribution in [0.4, 0.5) is 5.95 Å². The minimum Gasteiger partial charge on any atom is -0.497 e. The molecule has 0 bridgehead atoms. The fourth-order valence-electron chi connectivity index (χ4n) is 7.28. The summed E-state index contributed by atoms with van der Waals surface area (Å²) < 4.78 is 36.2. The smallest absolute Gasteiger partial charge is 0.280 e. The number of aromatic nitrogens is 4. The average Bonchev–Trinajstić information content (AvgIpc) is 3.85. The van der Waals surface area contributed by atoms with Gasteiger partial charge in [-0.3, -0.25) is 24.5 Å². The Bertz CT molecular complexity index is 2230. The number of anilines is 1. The molecule has 3 heterocycles. The van der Waals surface area contributed by atoms with Crippen LogP contribution in [-0.4, -0.2) is 81.0 Å². The fourth-order valence-corrected chi connectivity index (χ4v) is 12.6. The maximum Gasteiger partial charge on any atom is 0.280 e. The fraction of sp³-hybridized carbons (Fsp3) is 0.432. The van der Waals surface area contributed by atoms with Crippen LogP contribution in [0.15, 0.2) is 90.0 Å². The number of imidazole rings is 1. The van der Waals surface area contributed by atoms with Crippen LogP contribution >= 0.6 is 18.9 Å². The maximum atomic E-state index is 13.2. The number of benzene rings is 3. The van der Waals surface area contributed by atoms with E-state index in [0.29, 0.717) is 24.5 Å². The van der Waals surface area contributed by atoms with E-state index in [4.69, 9.17) is 23.5 Å². The number of nitriles is 1. The molecular weight excluding hydrogens is 802 g/mol. The molecule has 1 aliphatic rings. The van der Waals surface area contributed by atoms with E-state index in [1.54, 1.807) is 50.3 Å². The molecule has 3 aromatic carbocycles. The van der Waals surface area contributed by atoms with Gasteiger partial charge >= 0.3 is 0 Å². The molecule has 0 radical (unpaired) electrons. The van der Waals surface area contributed by atoms with E-state index < -0.39 is 31.0 Å². The Kier molecular flexibility index (Phi) is 15.0. The number of nitrogens with zero attached hydrogens (tertiary/aromatic N) is 5. The van der Waals surface area contributed by atoms with Gasteiger partial charge < -0.3 is 23.5 Å². The van der Waals surface area contributed by atoms with Crippen molar-refractivity contribution in [2.24, 2.45) is 5.92 Å². The van der Waals surface area contributed by atoms with Crippen molar-refractivity contribution in [2.75, 3.05) is 32.8 Å². The number of carbonyl (C=O) groups is 1. The molecule has 14 nitrogen and oxygen atoms in total. The summed E-state index contributed by atoms with van der Waals surface area (Å²) in [5.74, 6) is 0.848. The summed E-state index contributed by atoms with van der Waals surface area (Å²) in [6.45, 7) is 12.5. The number of amides is 1. The zero-order valence-corrected chi connectivity index (χ0v) is 37.0. The summed E-state index contributed by atoms with van der Waals surface area (Å²) in [5.41, 5.74) is 1.49. The second kappa shape index (κ2) is 20.2. The zero-order valence-electron chi connectivity index (χ0n) is 35.3. The summed E-state index contributed by atoms with van der Waals surface area (Å²) in [4.78, 5) is 37.6. The number of nitrogens with one attached hydrogen (secondary N) is 2. The molecule has 5 aromatic rings. The molecule has 1 unspecified atom stereocenters. The molecule has 1 aliphatic heterocycles. The van der Waals surface area contributed by atoms with Gasteiger partial charge in [-0.25, -0.2) is 9.65 Å². The first kappa shape index (κ1) is 44.7. The van der Waals surface area contributed by atoms with Crippen molar-refractivity contribution in [1.82, 2.24) is 24.2 Å². The van der Waals surface area contributed by atoms with Crippen LogP contribution in [0.3, 0.4) is 0 Å². The van der Waals surface area contributed by atoms with Crippen LogP contribution in [0.5, 0.6) is 11.5 Å². The average molecular weight is 856 g/mol. The highest BCUT2D eigenvalue weighted by Crippen LogP contribution is 2.61. The van der Waals surface area contributed by atoms with Crippen LogP contribution in [0.1, 0.15) is 77.3 Å². The Morgan fingerprint density at radius 3 is 2.13 bits per heavy atom. The van der Waals surface area contributed by atoms with Gasteiger partial charge in [0.2, 0.25) is 11.9 Å². The third kappa shape index (κ3) is 9.86. The number of methoxy groups -OCH3 is 2. The second-order valence-corrected chi connectivity index (χ2v) is 18.8. The lowest BCUT2D eigenvalue weighted by Crippen LogP contribution is -2.38. The molecule has 2 N–H and O–H groups in total. The van der Waals surface area contributed by atoms with E-state index in [9.17, 15) is 14.9 Å². The molecule has 16 heteroatoms. The van der Waals surface area contributed by atoms with Gasteiger partial charge in [0.25, 0.3) is 5.56 Å². The normalized spacial score (nSPS) is 17.4. The highest BCUT2D eigenvalue weighted by Gasteiger charge is 2.45. The van der Waals surface area contributed by atoms with Crippen molar-refractivity contribution in [3.63, 3.8) is 0 Å². The van der Waals surface area contributed by atoms with Gasteiger partial charge in [-0.05, 0) is 68.7 Å². The van der Waals surface area contributed by atoms with Crippen LogP contribution in [0.25, 0.3) is 11.2 Å². The monoisotopic (exact) mass is 855 g/mol. The van der Waals surface area contributed by atoms with Gasteiger partial charge in [0.05, 0.1) is 52.4 Å². The van der Waals surface area contributed by atoms with Crippen molar-refractivity contribution >= 4 is 41.9 Å². The van der Waals surface area contributed by atoms with E-state index in [-0.39, 0.29) is 59.3 Å². The third-order valence-corrected chi connectivity index (χ3v) is 15.1. The van der Waals surface area contributed by atoms with E-state index in [1.165, 1.54) is 0 Å². The molecule has 318 valence electrons. The summed E-state index contributed by atoms with van der Waals surface area (Å²) in [7, 11) is 2.00. The zero-order chi connectivity index (χ0) is 43.0. The second-order valence-electron chi connectivity index (χ2n) is 15.3. The number of fused-ring (bicyclic) bond motifs is 1. The van der Waals surface area contributed by atoms with Gasteiger partial charge in [-0.15, -0.1) is 0 Å². The predicted octanol–water partition coefficient (Wildman–Crippen LogP) is 8.41. The largest absolute Gasteiger partial charge is 0.497 e. The van der Waals surface area contributed by atoms with Crippen molar-refractivity contribution < 1.29 is 28.3 Å². The Balaban J connectivity index is 1.45. The molecule has 1 saturated heterocycles. The van der Waals surface area contributed by atoms with Crippen molar-refractivity contribution in [3.8, 4) is 17.6 Å². The molecule has 0 spiro atoms. The lowest BCUT2D eigenvalue weighted by atomic mass is 9.80. The standard InChI is InChI=1S/C44H54N7O7PS/c1-28(2)41(52)48-43-47-40-39(42(53)49-43)46-27-50(40)38-25-37(60-59(57-24-12-23-45)51(29(3)4)30(5)6)36(58-38)26-56-44(31-13-10-9-11-14-31,32-15-19-34(54-7)20-16-32)33-17-21-35(55-8)22-18-33/h9-11,13-22,27-30,36-38H,12,24-26H2,1-8H3,(H2,47,48,49,52,53)/t36-,37+,38-,59?/m1/s1. The van der Waals surface area contributed by atoms with Gasteiger partial charge in [0.15, 0.2) is 18.7 Å². The molecule has 0 saturated carbocycles. The summed E-state index contributed by atoms with van der Waals surface area (Å²) in [5, 5.41) is 12.0. The van der Waals surface area contributed by atoms with E-state index in [0.717, 1.165) is 16.7 Å². The molecule has 6 rings (SSSR count). The Morgan fingerprint density at radius 2 is 1.58 bits per heavy atom. The number of aromatic amines is 1. The first-order valence-corrected chi connectivity index (χ1v) is 22.8. The van der Waals surface area contributed by atoms with Crippen LogP contribution in [0.2, 0.25) is 0 Å². The number of hydrogen-bond donors (Lipinski definition) is 2. The Hall–Kier alpha value is -4.81. The van der Waals surface area contributed by atoms with Crippen LogP contribution < -0.4 is 20.3 Å². The predicted molar refractivity (Wildman–Crippen MR) is 235 cm³/mol. The maximum absolute atomic E-state index is 13.2. The molecule has 60 heavy (non-hydrogen) atoms. The minimum atomic E-state index is -1.28. The highest BCUT2D eigenvalue weighted by atomic mass is 32.7. The SMILES string of the molecule is COc1ccc(C(OC[C@H]2O[C@@H](n3cnc4c(=O)[nH]c(NC(=O)C(C)C)nc43)C[C@@H]2SP(OCCC#N)N(C(C)C)C(C)C)(c2ccccc2)c2ccc(OC)cc2)cc1. The summed E-state index contributed by atoms with van der Waals surface area (Å²) in [6, 6.07) is 28.4. The van der Waals surface area contributed by atoms with E-state index >= 15 is 0 Å². The molecule has 2 aromatic heterocycles. The molecule has 1 fully saturated rings. The van der Waals surface area contributed by atoms with Crippen LogP contribution in [-0.2, 0) is 24.4 Å². The van der Waals surface area contributed by atoms with Crippen molar-refractivity contribution in [3.05, 3.63) is 112 Å². The van der Waals surface area contributed by atoms with Crippen molar-refractivity contribution in [2.45, 2.75) is 89.7 Å². The lowest BCUT2D eigenvalue weighted by Gasteiger charge is -2.39. The first-order chi connectivity index (χ1) is 28.9. The topological polar surface area (TPSA) is 166 Å². The quantitative estimate of drug-likeness (QED) is 0.0464. The van der Waals surface area contributed by atoms with Gasteiger partial charge in [-0.2, -0.15) is 10.2 Å². The molecule has 1 amide bonds. The Morgan fingerprint density at radius 1 is 0.983 bits per heavy atom. The molecule has 0 aliphatic carbocycles. The lowest BCUT2D eigenvalue weighted by molar-refractivity contribution is -0.118. The first-order valence-electron chi connectivity index (χ1n) is 20.1. The van der Waals surface area contributed by atoms with Gasteiger partial charge in [0, 0.05) is 29.7 Å². The number of carbonyl (C=O) groups excluding carboxylic acids is 1. The minimum absolute atomic E-state index is 0.0299. The summed E-state index contributed by atoms with van der Waals surface area (Å²) in [6.07, 6.45) is 1.19. The molecule has 4 atom stereocenters. The number of hydrogen-bond acceptors (Lipinski definition) is 12. The number of ether oxygens (including phenoxy) is 4. The third-order valence-electron chi connectivity index (χ3n) is 10.2. The van der Waals surface area contributed by atoms with Gasteiger partial charge in [0.1, 0.15) is 23.3 Å². The molecular formula is C44H54N7O7PS. The highest BCUT2D eigenvalue weighted by molar-refractivity contribution is 8.53. The van der Waals surface area contributed by atoms with Crippen molar-refractivity contribution in [1.29, 1.82) is 5.26 Å². The van der Waals surface area contributed by atoms with Crippen LogP contribution in [0, 0.1) is 17.2 Å². The van der Waals surface area contributed by atoms with E-state index in [1.807, 2.05) is 66.7 Å². The summed E-state index contributed by atoms with van der Waals surface area (Å²) >= 11 is 1.69. The van der Waals surface area contributed by atoms with Gasteiger partial charge in [-0.1, -0.05) is 79.8 Å². The Labute approximate surface area is 356 Å².